The molecule has 0 spiro atoms. The SMILES string of the molecule is CC1=NN(c2ccc(Cl)cc2S(=O)(=O)O)C(=O)[C@H]1N=Nc1ccc(OS(=O)(=O)c2ccc(C)cc2)cc1. The van der Waals surface area contributed by atoms with E-state index in [9.17, 15) is 26.2 Å². The first kappa shape index (κ1) is 26.4. The first-order chi connectivity index (χ1) is 17.3. The van der Waals surface area contributed by atoms with E-state index in [1.807, 2.05) is 6.92 Å². The number of halogens is 1. The number of anilines is 1. The number of aryl methyl sites for hydroxylation is 1. The van der Waals surface area contributed by atoms with Gasteiger partial charge in [-0.25, -0.2) is 0 Å². The fraction of sp³-hybridized carbons (Fsp3) is 0.130. The van der Waals surface area contributed by atoms with E-state index in [-0.39, 0.29) is 27.1 Å². The number of hydrogen-bond donors (Lipinski definition) is 1. The monoisotopic (exact) mass is 562 g/mol. The molecule has 4 rings (SSSR count). The smallest absolute Gasteiger partial charge is 0.339 e. The van der Waals surface area contributed by atoms with Crippen molar-refractivity contribution in [3.05, 3.63) is 77.3 Å². The molecule has 1 atom stereocenters. The zero-order valence-corrected chi connectivity index (χ0v) is 21.7. The maximum Gasteiger partial charge on any atom is 0.339 e. The van der Waals surface area contributed by atoms with E-state index in [2.05, 4.69) is 15.3 Å². The molecule has 0 radical (unpaired) electrons. The van der Waals surface area contributed by atoms with Crippen molar-refractivity contribution >= 4 is 54.8 Å². The predicted octanol–water partition coefficient (Wildman–Crippen LogP) is 4.54. The van der Waals surface area contributed by atoms with Gasteiger partial charge in [0, 0.05) is 5.02 Å². The molecule has 0 fully saturated rings. The molecule has 3 aromatic carbocycles. The molecule has 11 nitrogen and oxygen atoms in total. The van der Waals surface area contributed by atoms with Gasteiger partial charge in [0.15, 0.2) is 6.04 Å². The van der Waals surface area contributed by atoms with Gasteiger partial charge in [0.2, 0.25) is 0 Å². The van der Waals surface area contributed by atoms with Crippen LogP contribution in [0.25, 0.3) is 0 Å². The summed E-state index contributed by atoms with van der Waals surface area (Å²) < 4.78 is 63.1. The Labute approximate surface area is 217 Å². The Bertz CT molecular complexity index is 1640. The van der Waals surface area contributed by atoms with Crippen LogP contribution in [0.3, 0.4) is 0 Å². The molecule has 1 aliphatic heterocycles. The molecule has 192 valence electrons. The summed E-state index contributed by atoms with van der Waals surface area (Å²) in [4.78, 5) is 12.4. The van der Waals surface area contributed by atoms with Crippen molar-refractivity contribution in [1.29, 1.82) is 0 Å². The Kier molecular flexibility index (Phi) is 7.15. The largest absolute Gasteiger partial charge is 0.379 e. The molecule has 1 heterocycles. The Morgan fingerprint density at radius 2 is 1.62 bits per heavy atom. The Balaban J connectivity index is 1.50. The van der Waals surface area contributed by atoms with E-state index < -0.39 is 37.1 Å². The lowest BCUT2D eigenvalue weighted by Gasteiger charge is -2.15. The summed E-state index contributed by atoms with van der Waals surface area (Å²) in [5.41, 5.74) is 1.24. The molecule has 0 unspecified atom stereocenters. The van der Waals surface area contributed by atoms with Crippen molar-refractivity contribution < 1.29 is 30.4 Å². The molecular formula is C23H19ClN4O7S2. The number of rotatable bonds is 7. The van der Waals surface area contributed by atoms with Crippen LogP contribution >= 0.6 is 11.6 Å². The topological polar surface area (TPSA) is 155 Å². The number of hydrogen-bond acceptors (Lipinski definition) is 9. The quantitative estimate of drug-likeness (QED) is 0.252. The number of carbonyl (C=O) groups excluding carboxylic acids is 1. The average molecular weight is 563 g/mol. The van der Waals surface area contributed by atoms with Crippen molar-refractivity contribution in [3.8, 4) is 5.75 Å². The summed E-state index contributed by atoms with van der Waals surface area (Å²) in [7, 11) is -8.72. The third-order valence-electron chi connectivity index (χ3n) is 5.17. The van der Waals surface area contributed by atoms with E-state index in [0.717, 1.165) is 16.6 Å². The first-order valence-electron chi connectivity index (χ1n) is 10.5. The average Bonchev–Trinajstić information content (AvgIpc) is 3.11. The maximum absolute atomic E-state index is 12.9. The second kappa shape index (κ2) is 10.0. The molecule has 37 heavy (non-hydrogen) atoms. The lowest BCUT2D eigenvalue weighted by Crippen LogP contribution is -2.30. The van der Waals surface area contributed by atoms with Crippen LogP contribution in [0.4, 0.5) is 11.4 Å². The molecule has 1 N–H and O–H groups in total. The summed E-state index contributed by atoms with van der Waals surface area (Å²) >= 11 is 5.83. The van der Waals surface area contributed by atoms with Crippen LogP contribution in [0.15, 0.2) is 91.9 Å². The van der Waals surface area contributed by atoms with Crippen molar-refractivity contribution in [2.75, 3.05) is 5.01 Å². The molecule has 14 heteroatoms. The number of azo groups is 1. The molecular weight excluding hydrogens is 544 g/mol. The number of carbonyl (C=O) groups is 1. The van der Waals surface area contributed by atoms with Crippen molar-refractivity contribution in [3.63, 3.8) is 0 Å². The van der Waals surface area contributed by atoms with Gasteiger partial charge >= 0.3 is 10.1 Å². The van der Waals surface area contributed by atoms with E-state index in [4.69, 9.17) is 15.8 Å². The van der Waals surface area contributed by atoms with Gasteiger partial charge in [0.05, 0.1) is 17.1 Å². The van der Waals surface area contributed by atoms with Crippen LogP contribution in [0.5, 0.6) is 5.75 Å². The highest BCUT2D eigenvalue weighted by molar-refractivity contribution is 7.87. The minimum absolute atomic E-state index is 0.0127. The summed E-state index contributed by atoms with van der Waals surface area (Å²) in [6.45, 7) is 3.35. The highest BCUT2D eigenvalue weighted by Gasteiger charge is 2.37. The lowest BCUT2D eigenvalue weighted by atomic mass is 10.2. The molecule has 0 bridgehead atoms. The third kappa shape index (κ3) is 5.85. The van der Waals surface area contributed by atoms with Crippen LogP contribution < -0.4 is 9.19 Å². The van der Waals surface area contributed by atoms with Gasteiger partial charge in [-0.2, -0.15) is 37.2 Å². The van der Waals surface area contributed by atoms with Crippen LogP contribution in [0.1, 0.15) is 12.5 Å². The van der Waals surface area contributed by atoms with Gasteiger partial charge in [-0.05, 0) is 68.4 Å². The second-order valence-corrected chi connectivity index (χ2v) is 11.3. The fourth-order valence-corrected chi connectivity index (χ4v) is 5.17. The number of benzene rings is 3. The number of hydrazone groups is 1. The standard InChI is InChI=1S/C23H19ClN4O7S2/c1-14-3-10-19(11-4-14)37(33,34)35-18-8-6-17(7-9-18)25-26-22-15(2)27-28(23(22)29)20-12-5-16(24)13-21(20)36(30,31)32/h3-13,22H,1-2H3,(H,30,31,32)/t22-/m0/s1. The van der Waals surface area contributed by atoms with E-state index in [0.29, 0.717) is 5.69 Å². The molecule has 0 saturated heterocycles. The molecule has 1 amide bonds. The zero-order valence-electron chi connectivity index (χ0n) is 19.3. The summed E-state index contributed by atoms with van der Waals surface area (Å²) in [6.07, 6.45) is 0. The van der Waals surface area contributed by atoms with Crippen LogP contribution in [-0.2, 0) is 25.0 Å². The van der Waals surface area contributed by atoms with Crippen molar-refractivity contribution in [2.45, 2.75) is 29.7 Å². The van der Waals surface area contributed by atoms with Gasteiger partial charge in [0.25, 0.3) is 16.0 Å². The predicted molar refractivity (Wildman–Crippen MR) is 136 cm³/mol. The lowest BCUT2D eigenvalue weighted by molar-refractivity contribution is -0.117. The second-order valence-electron chi connectivity index (χ2n) is 7.94. The molecule has 1 aliphatic rings. The van der Waals surface area contributed by atoms with E-state index in [1.54, 1.807) is 12.1 Å². The van der Waals surface area contributed by atoms with Gasteiger partial charge < -0.3 is 4.18 Å². The Morgan fingerprint density at radius 3 is 2.24 bits per heavy atom. The van der Waals surface area contributed by atoms with Gasteiger partial charge in [0.1, 0.15) is 15.5 Å². The zero-order chi connectivity index (χ0) is 27.0. The molecule has 0 aliphatic carbocycles. The molecule has 0 aromatic heterocycles. The fourth-order valence-electron chi connectivity index (χ4n) is 3.30. The van der Waals surface area contributed by atoms with Crippen LogP contribution in [-0.4, -0.2) is 39.0 Å². The highest BCUT2D eigenvalue weighted by Crippen LogP contribution is 2.32. The molecule has 0 saturated carbocycles. The van der Waals surface area contributed by atoms with Crippen LogP contribution in [0.2, 0.25) is 5.02 Å². The highest BCUT2D eigenvalue weighted by atomic mass is 35.5. The van der Waals surface area contributed by atoms with E-state index >= 15 is 0 Å². The van der Waals surface area contributed by atoms with Crippen LogP contribution in [0, 0.1) is 6.92 Å². The first-order valence-corrected chi connectivity index (χ1v) is 13.8. The number of nitrogens with zero attached hydrogens (tertiary/aromatic N) is 4. The van der Waals surface area contributed by atoms with Crippen molar-refractivity contribution in [2.24, 2.45) is 15.3 Å². The van der Waals surface area contributed by atoms with E-state index in [1.165, 1.54) is 55.5 Å². The van der Waals surface area contributed by atoms with Gasteiger partial charge in [-0.15, -0.1) is 0 Å². The summed E-state index contributed by atoms with van der Waals surface area (Å²) in [5, 5.41) is 12.9. The normalized spacial score (nSPS) is 16.3. The van der Waals surface area contributed by atoms with Crippen molar-refractivity contribution in [1.82, 2.24) is 0 Å². The van der Waals surface area contributed by atoms with Gasteiger partial charge in [-0.1, -0.05) is 29.3 Å². The summed E-state index contributed by atoms with van der Waals surface area (Å²) in [6, 6.07) is 14.3. The molecule has 3 aromatic rings. The minimum atomic E-state index is -4.70. The third-order valence-corrected chi connectivity index (χ3v) is 7.54. The Hall–Kier alpha value is -3.65. The summed E-state index contributed by atoms with van der Waals surface area (Å²) in [5.74, 6) is -0.640. The Morgan fingerprint density at radius 1 is 0.973 bits per heavy atom. The maximum atomic E-state index is 12.9. The van der Waals surface area contributed by atoms with Gasteiger partial charge in [-0.3, -0.25) is 9.35 Å². The minimum Gasteiger partial charge on any atom is -0.379 e. The number of amides is 1.